The van der Waals surface area contributed by atoms with E-state index in [4.69, 9.17) is 5.11 Å². The fraction of sp³-hybridized carbons (Fsp3) is 1.00. The van der Waals surface area contributed by atoms with Crippen LogP contribution in [-0.2, 0) is 15.0 Å². The van der Waals surface area contributed by atoms with Gasteiger partial charge in [0.2, 0.25) is 0 Å². The Bertz CT molecular complexity index is 28.0. The van der Waals surface area contributed by atoms with Gasteiger partial charge in [-0.25, -0.2) is 0 Å². The van der Waals surface area contributed by atoms with Gasteiger partial charge in [-0.15, -0.1) is 0 Å². The Labute approximate surface area is 72.3 Å². The first kappa shape index (κ1) is 12.3. The van der Waals surface area contributed by atoms with Crippen molar-refractivity contribution in [3.05, 3.63) is 0 Å². The summed E-state index contributed by atoms with van der Waals surface area (Å²) in [6, 6.07) is 0. The van der Waals surface area contributed by atoms with Crippen LogP contribution in [0.1, 0.15) is 19.8 Å². The molecule has 0 aromatic carbocycles. The predicted molar refractivity (Wildman–Crippen MR) is 39.8 cm³/mol. The molecule has 0 radical (unpaired) electrons. The Morgan fingerprint density at radius 2 is 1.88 bits per heavy atom. The molecular formula is C4H10Br2OTi. The van der Waals surface area contributed by atoms with E-state index in [0.717, 1.165) is 12.8 Å². The van der Waals surface area contributed by atoms with Crippen molar-refractivity contribution in [2.24, 2.45) is 0 Å². The van der Waals surface area contributed by atoms with E-state index < -0.39 is 0 Å². The van der Waals surface area contributed by atoms with Crippen LogP contribution in [0.15, 0.2) is 0 Å². The van der Waals surface area contributed by atoms with Crippen LogP contribution < -0.4 is 0 Å². The first-order valence-electron chi connectivity index (χ1n) is 2.40. The average molecular weight is 282 g/mol. The van der Waals surface area contributed by atoms with Crippen molar-refractivity contribution in [1.29, 1.82) is 0 Å². The quantitative estimate of drug-likeness (QED) is 0.771. The summed E-state index contributed by atoms with van der Waals surface area (Å²) in [4.78, 5) is 0. The minimum atomic E-state index is 0.125. The van der Waals surface area contributed by atoms with E-state index in [-0.39, 0.29) is 15.0 Å². The molecule has 1 N–H and O–H groups in total. The Hall–Kier alpha value is 1.63. The molecule has 0 aliphatic rings. The van der Waals surface area contributed by atoms with E-state index in [2.05, 4.69) is 33.2 Å². The van der Waals surface area contributed by atoms with Gasteiger partial charge < -0.3 is 5.11 Å². The van der Waals surface area contributed by atoms with Gasteiger partial charge in [-0.1, -0.05) is 13.3 Å². The van der Waals surface area contributed by atoms with Gasteiger partial charge in [0.15, 0.2) is 0 Å². The molecule has 0 saturated carbocycles. The molecule has 0 amide bonds. The third kappa shape index (κ3) is 25.4. The minimum absolute atomic E-state index is 0.125. The molecule has 0 aromatic heterocycles. The molecule has 4 heteroatoms. The zero-order valence-corrected chi connectivity index (χ0v) is 9.56. The van der Waals surface area contributed by atoms with Crippen LogP contribution in [0.25, 0.3) is 0 Å². The Morgan fingerprint density at radius 1 is 1.50 bits per heavy atom. The second-order valence-electron chi connectivity index (χ2n) is 1.15. The monoisotopic (exact) mass is 280 g/mol. The first-order valence-corrected chi connectivity index (χ1v) is 10.1. The summed E-state index contributed by atoms with van der Waals surface area (Å²) in [5.74, 6) is 0. The Morgan fingerprint density at radius 3 is 1.88 bits per heavy atom. The molecule has 50 valence electrons. The number of aliphatic hydroxyl groups is 1. The van der Waals surface area contributed by atoms with Crippen LogP contribution in [0.5, 0.6) is 0 Å². The normalized spacial score (nSPS) is 7.00. The van der Waals surface area contributed by atoms with Crippen molar-refractivity contribution in [1.82, 2.24) is 0 Å². The summed E-state index contributed by atoms with van der Waals surface area (Å²) in [5, 5.41) is 8.07. The van der Waals surface area contributed by atoms with E-state index in [9.17, 15) is 0 Å². The third-order valence-electron chi connectivity index (χ3n) is 0.512. The third-order valence-corrected chi connectivity index (χ3v) is 0.512. The van der Waals surface area contributed by atoms with Crippen LogP contribution >= 0.6 is 26.3 Å². The van der Waals surface area contributed by atoms with Crippen molar-refractivity contribution in [2.45, 2.75) is 19.8 Å². The van der Waals surface area contributed by atoms with Gasteiger partial charge >= 0.3 is 41.3 Å². The molecule has 0 spiro atoms. The van der Waals surface area contributed by atoms with Gasteiger partial charge in [-0.2, -0.15) is 0 Å². The number of unbranched alkanes of at least 4 members (excludes halogenated alkanes) is 1. The summed E-state index contributed by atoms with van der Waals surface area (Å²) >= 11 is 6.50. The molecule has 0 unspecified atom stereocenters. The number of rotatable bonds is 2. The summed E-state index contributed by atoms with van der Waals surface area (Å²) < 4.78 is 0. The van der Waals surface area contributed by atoms with Crippen LogP contribution in [0, 0.1) is 0 Å². The molecule has 0 bridgehead atoms. The zero-order chi connectivity index (χ0) is 6.83. The molecular weight excluding hydrogens is 272 g/mol. The first-order chi connectivity index (χ1) is 3.83. The molecule has 0 atom stereocenters. The fourth-order valence-electron chi connectivity index (χ4n) is 0.158. The van der Waals surface area contributed by atoms with Gasteiger partial charge in [-0.05, 0) is 6.42 Å². The summed E-state index contributed by atoms with van der Waals surface area (Å²) in [7, 11) is 0. The van der Waals surface area contributed by atoms with E-state index in [1.807, 2.05) is 0 Å². The van der Waals surface area contributed by atoms with E-state index in [1.54, 1.807) is 0 Å². The van der Waals surface area contributed by atoms with Gasteiger partial charge in [0.05, 0.1) is 0 Å². The average Bonchev–Trinajstić information content (AvgIpc) is 1.71. The Balaban J connectivity index is 0. The molecule has 1 nitrogen and oxygen atoms in total. The van der Waals surface area contributed by atoms with Crippen molar-refractivity contribution >= 4 is 26.3 Å². The summed E-state index contributed by atoms with van der Waals surface area (Å²) in [5.41, 5.74) is 0. The van der Waals surface area contributed by atoms with E-state index >= 15 is 0 Å². The molecule has 0 aliphatic carbocycles. The van der Waals surface area contributed by atoms with Crippen molar-refractivity contribution in [3.8, 4) is 0 Å². The topological polar surface area (TPSA) is 20.2 Å². The molecule has 0 heterocycles. The second-order valence-corrected chi connectivity index (χ2v) is 9.03. The SMILES string of the molecule is CCCCO.[Br][Ti][Br]. The number of aliphatic hydroxyl groups excluding tert-OH is 1. The van der Waals surface area contributed by atoms with Crippen LogP contribution in [0.2, 0.25) is 0 Å². The fourth-order valence-corrected chi connectivity index (χ4v) is 0.158. The maximum absolute atomic E-state index is 8.07. The summed E-state index contributed by atoms with van der Waals surface area (Å²) in [6.45, 7) is 2.40. The number of halogens is 2. The van der Waals surface area contributed by atoms with E-state index in [0.29, 0.717) is 6.61 Å². The Kier molecular flexibility index (Phi) is 24.4. The molecule has 0 rings (SSSR count). The molecule has 0 aromatic rings. The summed E-state index contributed by atoms with van der Waals surface area (Å²) in [6.07, 6.45) is 2.04. The maximum atomic E-state index is 8.07. The van der Waals surface area contributed by atoms with Crippen LogP contribution in [0.4, 0.5) is 0 Å². The number of hydrogen-bond acceptors (Lipinski definition) is 1. The van der Waals surface area contributed by atoms with Crippen molar-refractivity contribution in [2.75, 3.05) is 6.61 Å². The van der Waals surface area contributed by atoms with Crippen LogP contribution in [0.3, 0.4) is 0 Å². The van der Waals surface area contributed by atoms with Crippen molar-refractivity contribution in [3.63, 3.8) is 0 Å². The van der Waals surface area contributed by atoms with Gasteiger partial charge in [0.25, 0.3) is 0 Å². The molecule has 0 fully saturated rings. The van der Waals surface area contributed by atoms with Gasteiger partial charge in [0.1, 0.15) is 0 Å². The molecule has 0 aliphatic heterocycles. The van der Waals surface area contributed by atoms with Gasteiger partial charge in [0, 0.05) is 6.61 Å². The van der Waals surface area contributed by atoms with Crippen LogP contribution in [-0.4, -0.2) is 11.7 Å². The van der Waals surface area contributed by atoms with Crippen molar-refractivity contribution < 1.29 is 20.1 Å². The molecule has 8 heavy (non-hydrogen) atoms. The van der Waals surface area contributed by atoms with Gasteiger partial charge in [-0.3, -0.25) is 0 Å². The molecule has 0 saturated heterocycles. The predicted octanol–water partition coefficient (Wildman–Crippen LogP) is 2.47. The second kappa shape index (κ2) is 15.9. The standard InChI is InChI=1S/C4H10O.2BrH.Ti/c1-2-3-4-5;;;/h5H,2-4H2,1H3;2*1H;/q;;;+2/p-2. The number of hydrogen-bond donors (Lipinski definition) is 1. The van der Waals surface area contributed by atoms with E-state index in [1.165, 1.54) is 0 Å². The zero-order valence-electron chi connectivity index (χ0n) is 4.82.